The molecule has 1 aliphatic heterocycles. The van der Waals surface area contributed by atoms with E-state index < -0.39 is 0 Å². The van der Waals surface area contributed by atoms with Crippen molar-refractivity contribution in [1.29, 1.82) is 0 Å². The highest BCUT2D eigenvalue weighted by molar-refractivity contribution is 5.94. The Kier molecular flexibility index (Phi) is 5.05. The molecule has 2 aliphatic carbocycles. The monoisotopic (exact) mass is 403 g/mol. The van der Waals surface area contributed by atoms with Crippen LogP contribution >= 0.6 is 0 Å². The lowest BCUT2D eigenvalue weighted by Crippen LogP contribution is -2.44. The number of nitrogens with one attached hydrogen (secondary N) is 1. The molecule has 5 rings (SSSR count). The van der Waals surface area contributed by atoms with Crippen LogP contribution in [0.4, 0.5) is 0 Å². The molecule has 156 valence electrons. The summed E-state index contributed by atoms with van der Waals surface area (Å²) in [6.45, 7) is 1.51. The van der Waals surface area contributed by atoms with E-state index in [1.165, 1.54) is 17.5 Å². The summed E-state index contributed by atoms with van der Waals surface area (Å²) in [6, 6.07) is 12.7. The molecule has 0 unspecified atom stereocenters. The molecule has 3 aliphatic rings. The SMILES string of the molecule is O=C(C[C@H]1CC2(CCN(C(=O)c3cccnc3)CC2)c2ccccc21)NC1CCC1. The van der Waals surface area contributed by atoms with Gasteiger partial charge in [0.25, 0.3) is 5.91 Å². The number of piperidine rings is 1. The number of benzene rings is 1. The minimum absolute atomic E-state index is 0.0701. The molecule has 30 heavy (non-hydrogen) atoms. The Labute approximate surface area is 177 Å². The van der Waals surface area contributed by atoms with E-state index in [0.29, 0.717) is 18.0 Å². The van der Waals surface area contributed by atoms with Gasteiger partial charge in [-0.25, -0.2) is 0 Å². The lowest BCUT2D eigenvalue weighted by molar-refractivity contribution is -0.122. The van der Waals surface area contributed by atoms with Gasteiger partial charge in [-0.15, -0.1) is 0 Å². The van der Waals surface area contributed by atoms with Crippen LogP contribution < -0.4 is 5.32 Å². The molecule has 5 nitrogen and oxygen atoms in total. The first-order valence-corrected chi connectivity index (χ1v) is 11.2. The number of likely N-dealkylation sites (tertiary alicyclic amines) is 1. The van der Waals surface area contributed by atoms with E-state index >= 15 is 0 Å². The first kappa shape index (κ1) is 19.3. The Balaban J connectivity index is 1.29. The standard InChI is InChI=1S/C25H29N3O2/c29-23(27-20-6-3-7-20)15-19-16-25(22-9-2-1-8-21(19)22)10-13-28(14-11-25)24(30)18-5-4-12-26-17-18/h1-2,4-5,8-9,12,17,19-20H,3,6-7,10-11,13-16H2,(H,27,29)/t19-/m0/s1. The summed E-state index contributed by atoms with van der Waals surface area (Å²) in [5, 5.41) is 3.21. The zero-order valence-electron chi connectivity index (χ0n) is 17.3. The van der Waals surface area contributed by atoms with Gasteiger partial charge in [0, 0.05) is 37.9 Å². The van der Waals surface area contributed by atoms with Crippen molar-refractivity contribution in [3.8, 4) is 0 Å². The number of hydrogen-bond donors (Lipinski definition) is 1. The highest BCUT2D eigenvalue weighted by Crippen LogP contribution is 2.52. The Morgan fingerprint density at radius 2 is 1.90 bits per heavy atom. The quantitative estimate of drug-likeness (QED) is 0.845. The number of rotatable bonds is 4. The van der Waals surface area contributed by atoms with Crippen LogP contribution in [-0.4, -0.2) is 40.8 Å². The van der Waals surface area contributed by atoms with Crippen LogP contribution in [0.15, 0.2) is 48.8 Å². The Bertz CT molecular complexity index is 930. The van der Waals surface area contributed by atoms with Gasteiger partial charge >= 0.3 is 0 Å². The maximum absolute atomic E-state index is 12.8. The first-order valence-electron chi connectivity index (χ1n) is 11.2. The molecule has 1 aromatic heterocycles. The van der Waals surface area contributed by atoms with Gasteiger partial charge in [0.2, 0.25) is 5.91 Å². The smallest absolute Gasteiger partial charge is 0.255 e. The van der Waals surface area contributed by atoms with Gasteiger partial charge in [0.1, 0.15) is 0 Å². The molecule has 2 heterocycles. The molecular weight excluding hydrogens is 374 g/mol. The summed E-state index contributed by atoms with van der Waals surface area (Å²) in [6.07, 6.45) is 10.3. The summed E-state index contributed by atoms with van der Waals surface area (Å²) in [7, 11) is 0. The van der Waals surface area contributed by atoms with Crippen LogP contribution in [0.5, 0.6) is 0 Å². The minimum atomic E-state index is 0.0701. The van der Waals surface area contributed by atoms with Crippen molar-refractivity contribution in [2.24, 2.45) is 0 Å². The highest BCUT2D eigenvalue weighted by Gasteiger charge is 2.46. The number of hydrogen-bond acceptors (Lipinski definition) is 3. The average Bonchev–Trinajstić information content (AvgIpc) is 3.05. The van der Waals surface area contributed by atoms with E-state index in [2.05, 4.69) is 34.6 Å². The fourth-order valence-electron chi connectivity index (χ4n) is 5.56. The van der Waals surface area contributed by atoms with E-state index in [-0.39, 0.29) is 23.1 Å². The zero-order chi connectivity index (χ0) is 20.6. The third-order valence-electron chi connectivity index (χ3n) is 7.43. The molecule has 5 heteroatoms. The van der Waals surface area contributed by atoms with Crippen molar-refractivity contribution in [2.45, 2.75) is 62.3 Å². The van der Waals surface area contributed by atoms with Crippen LogP contribution in [0, 0.1) is 0 Å². The van der Waals surface area contributed by atoms with Gasteiger partial charge in [-0.3, -0.25) is 14.6 Å². The number of carbonyl (C=O) groups excluding carboxylic acids is 2. The summed E-state index contributed by atoms with van der Waals surface area (Å²) in [4.78, 5) is 31.5. The van der Waals surface area contributed by atoms with Crippen molar-refractivity contribution in [3.05, 3.63) is 65.5 Å². The number of amides is 2. The maximum Gasteiger partial charge on any atom is 0.255 e. The molecule has 0 radical (unpaired) electrons. The summed E-state index contributed by atoms with van der Waals surface area (Å²) >= 11 is 0. The van der Waals surface area contributed by atoms with E-state index in [1.807, 2.05) is 17.0 Å². The van der Waals surface area contributed by atoms with E-state index in [1.54, 1.807) is 12.4 Å². The van der Waals surface area contributed by atoms with Gasteiger partial charge in [0.15, 0.2) is 0 Å². The second-order valence-electron chi connectivity index (χ2n) is 9.20. The van der Waals surface area contributed by atoms with Gasteiger partial charge in [-0.1, -0.05) is 24.3 Å². The van der Waals surface area contributed by atoms with Crippen molar-refractivity contribution in [3.63, 3.8) is 0 Å². The average molecular weight is 404 g/mol. The molecule has 0 bridgehead atoms. The third kappa shape index (κ3) is 3.51. The van der Waals surface area contributed by atoms with E-state index in [4.69, 9.17) is 0 Å². The van der Waals surface area contributed by atoms with Crippen molar-refractivity contribution in [2.75, 3.05) is 13.1 Å². The predicted octanol–water partition coefficient (Wildman–Crippen LogP) is 3.80. The predicted molar refractivity (Wildman–Crippen MR) is 115 cm³/mol. The van der Waals surface area contributed by atoms with Gasteiger partial charge in [0.05, 0.1) is 5.56 Å². The van der Waals surface area contributed by atoms with Crippen LogP contribution in [0.3, 0.4) is 0 Å². The lowest BCUT2D eigenvalue weighted by atomic mass is 9.73. The zero-order valence-corrected chi connectivity index (χ0v) is 17.3. The molecular formula is C25H29N3O2. The van der Waals surface area contributed by atoms with Crippen molar-refractivity contribution >= 4 is 11.8 Å². The van der Waals surface area contributed by atoms with Gasteiger partial charge in [-0.05, 0) is 73.1 Å². The summed E-state index contributed by atoms with van der Waals surface area (Å²) in [5.41, 5.74) is 3.49. The van der Waals surface area contributed by atoms with Crippen LogP contribution in [-0.2, 0) is 10.2 Å². The maximum atomic E-state index is 12.8. The Hall–Kier alpha value is -2.69. The molecule has 2 amide bonds. The second-order valence-corrected chi connectivity index (χ2v) is 9.20. The fourth-order valence-corrected chi connectivity index (χ4v) is 5.56. The molecule has 1 N–H and O–H groups in total. The fraction of sp³-hybridized carbons (Fsp3) is 0.480. The summed E-state index contributed by atoms with van der Waals surface area (Å²) in [5.74, 6) is 0.545. The number of pyridine rings is 1. The van der Waals surface area contributed by atoms with E-state index in [0.717, 1.165) is 45.2 Å². The first-order chi connectivity index (χ1) is 14.6. The number of nitrogens with zero attached hydrogens (tertiary/aromatic N) is 2. The largest absolute Gasteiger partial charge is 0.353 e. The normalized spacial score (nSPS) is 22.4. The molecule has 2 fully saturated rings. The molecule has 1 spiro atoms. The minimum Gasteiger partial charge on any atom is -0.353 e. The molecule has 1 saturated carbocycles. The van der Waals surface area contributed by atoms with Crippen molar-refractivity contribution < 1.29 is 9.59 Å². The van der Waals surface area contributed by atoms with Crippen molar-refractivity contribution in [1.82, 2.24) is 15.2 Å². The molecule has 1 aromatic carbocycles. The second kappa shape index (κ2) is 7.86. The highest BCUT2D eigenvalue weighted by atomic mass is 16.2. The topological polar surface area (TPSA) is 62.3 Å². The van der Waals surface area contributed by atoms with Crippen LogP contribution in [0.2, 0.25) is 0 Å². The lowest BCUT2D eigenvalue weighted by Gasteiger charge is -2.40. The molecule has 1 saturated heterocycles. The van der Waals surface area contributed by atoms with Gasteiger partial charge in [-0.2, -0.15) is 0 Å². The van der Waals surface area contributed by atoms with Crippen LogP contribution in [0.25, 0.3) is 0 Å². The third-order valence-corrected chi connectivity index (χ3v) is 7.43. The molecule has 2 aromatic rings. The number of carbonyl (C=O) groups is 2. The summed E-state index contributed by atoms with van der Waals surface area (Å²) < 4.78 is 0. The number of fused-ring (bicyclic) bond motifs is 2. The number of aromatic nitrogens is 1. The van der Waals surface area contributed by atoms with Gasteiger partial charge < -0.3 is 10.2 Å². The molecule has 1 atom stereocenters. The van der Waals surface area contributed by atoms with E-state index in [9.17, 15) is 9.59 Å². The van der Waals surface area contributed by atoms with Crippen LogP contribution in [0.1, 0.15) is 72.3 Å². The Morgan fingerprint density at radius 1 is 1.10 bits per heavy atom. The Morgan fingerprint density at radius 3 is 2.60 bits per heavy atom.